The number of allylic oxidation sites excluding steroid dienone is 1. The quantitative estimate of drug-likeness (QED) is 0.546. The number of hydrogen-bond donors (Lipinski definition) is 2. The molecule has 2 aromatic rings. The van der Waals surface area contributed by atoms with Gasteiger partial charge in [-0.05, 0) is 35.9 Å². The van der Waals surface area contributed by atoms with Crippen LogP contribution < -0.4 is 9.64 Å². The molecule has 2 N–H and O–H groups in total. The highest BCUT2D eigenvalue weighted by molar-refractivity contribution is 6.16. The first-order valence-electron chi connectivity index (χ1n) is 9.89. The van der Waals surface area contributed by atoms with Gasteiger partial charge in [0.05, 0.1) is 31.7 Å². The average Bonchev–Trinajstić information content (AvgIpc) is 3.07. The van der Waals surface area contributed by atoms with Gasteiger partial charge in [-0.2, -0.15) is 13.2 Å². The monoisotopic (exact) mass is 450 g/mol. The molecule has 2 heterocycles. The van der Waals surface area contributed by atoms with Crippen LogP contribution in [0.4, 0.5) is 18.9 Å². The number of Topliss-reactive ketones (excluding diaryl/α,β-unsaturated/α-hetero) is 1. The topological polar surface area (TPSA) is 92.1 Å². The van der Waals surface area contributed by atoms with Crippen LogP contribution in [-0.2, 0) is 16.9 Å². The Morgan fingerprint density at radius 2 is 1.91 bits per heavy atom. The van der Waals surface area contributed by atoms with Gasteiger partial charge in [-0.25, -0.2) is 4.98 Å². The number of morpholine rings is 1. The van der Waals surface area contributed by atoms with Crippen LogP contribution in [0.3, 0.4) is 0 Å². The highest BCUT2D eigenvalue weighted by atomic mass is 19.4. The average molecular weight is 450 g/mol. The van der Waals surface area contributed by atoms with Gasteiger partial charge in [-0.1, -0.05) is 6.07 Å². The van der Waals surface area contributed by atoms with Gasteiger partial charge in [0.25, 0.3) is 0 Å². The van der Waals surface area contributed by atoms with Crippen molar-refractivity contribution >= 4 is 17.5 Å². The number of ether oxygens (including phenoxy) is 2. The maximum absolute atomic E-state index is 12.9. The first-order chi connectivity index (χ1) is 15.1. The smallest absolute Gasteiger partial charge is 0.449 e. The molecule has 1 aromatic carbocycles. The normalized spacial score (nSPS) is 18.2. The number of carbonyl (C=O) groups is 1. The number of aromatic nitrogens is 1. The van der Waals surface area contributed by atoms with E-state index >= 15 is 0 Å². The molecule has 0 bridgehead atoms. The molecule has 0 atom stereocenters. The summed E-state index contributed by atoms with van der Waals surface area (Å²) in [5.41, 5.74) is 1.44. The van der Waals surface area contributed by atoms with E-state index in [4.69, 9.17) is 9.47 Å². The lowest BCUT2D eigenvalue weighted by Crippen LogP contribution is -2.42. The van der Waals surface area contributed by atoms with E-state index in [0.717, 1.165) is 17.3 Å². The molecule has 7 nitrogen and oxygen atoms in total. The molecule has 0 radical (unpaired) electrons. The molecule has 0 amide bonds. The Labute approximate surface area is 181 Å². The number of halogens is 3. The van der Waals surface area contributed by atoms with Gasteiger partial charge in [0, 0.05) is 30.6 Å². The van der Waals surface area contributed by atoms with Crippen molar-refractivity contribution in [2.75, 3.05) is 38.3 Å². The summed E-state index contributed by atoms with van der Waals surface area (Å²) in [6.07, 6.45) is -3.69. The zero-order valence-corrected chi connectivity index (χ0v) is 17.1. The Bertz CT molecular complexity index is 1080. The summed E-state index contributed by atoms with van der Waals surface area (Å²) < 4.78 is 49.6. The molecule has 1 aliphatic heterocycles. The van der Waals surface area contributed by atoms with E-state index in [1.807, 2.05) is 6.07 Å². The number of benzene rings is 1. The van der Waals surface area contributed by atoms with Crippen molar-refractivity contribution in [1.82, 2.24) is 4.98 Å². The van der Waals surface area contributed by atoms with Crippen LogP contribution in [0.1, 0.15) is 27.3 Å². The molecule has 1 aromatic heterocycles. The number of methoxy groups -OCH3 is 1. The van der Waals surface area contributed by atoms with E-state index in [1.165, 1.54) is 25.3 Å². The zero-order chi connectivity index (χ0) is 23.1. The van der Waals surface area contributed by atoms with E-state index in [-0.39, 0.29) is 17.9 Å². The van der Waals surface area contributed by atoms with E-state index in [9.17, 15) is 28.2 Å². The lowest BCUT2D eigenvalue weighted by atomic mass is 10.1. The summed E-state index contributed by atoms with van der Waals surface area (Å²) in [5.74, 6) is -3.82. The van der Waals surface area contributed by atoms with Crippen LogP contribution in [0.5, 0.6) is 5.75 Å². The molecule has 1 fully saturated rings. The molecule has 0 spiro atoms. The highest BCUT2D eigenvalue weighted by Crippen LogP contribution is 2.39. The fourth-order valence-electron chi connectivity index (χ4n) is 3.81. The summed E-state index contributed by atoms with van der Waals surface area (Å²) >= 11 is 0. The minimum atomic E-state index is -5.32. The molecule has 170 valence electrons. The fourth-order valence-corrected chi connectivity index (χ4v) is 3.81. The predicted octanol–water partition coefficient (Wildman–Crippen LogP) is 2.45. The number of fused-ring (bicyclic) bond motifs is 1. The Morgan fingerprint density at radius 1 is 1.19 bits per heavy atom. The Balaban J connectivity index is 1.66. The van der Waals surface area contributed by atoms with Gasteiger partial charge in [-0.3, -0.25) is 4.79 Å². The van der Waals surface area contributed by atoms with Crippen LogP contribution in [-0.4, -0.2) is 60.6 Å². The third kappa shape index (κ3) is 3.96. The summed E-state index contributed by atoms with van der Waals surface area (Å²) in [7, 11) is 1.52. The van der Waals surface area contributed by atoms with Gasteiger partial charge in [0.15, 0.2) is 5.78 Å². The second kappa shape index (κ2) is 8.19. The van der Waals surface area contributed by atoms with Crippen molar-refractivity contribution in [3.63, 3.8) is 0 Å². The molecule has 0 saturated carbocycles. The Hall–Kier alpha value is -2.95. The molecule has 2 aliphatic rings. The number of carbonyl (C=O) groups excluding carboxylic acids is 1. The lowest BCUT2D eigenvalue weighted by Gasteiger charge is -2.30. The molecule has 0 unspecified atom stereocenters. The van der Waals surface area contributed by atoms with Crippen molar-refractivity contribution < 1.29 is 37.7 Å². The van der Waals surface area contributed by atoms with Crippen LogP contribution >= 0.6 is 0 Å². The first-order valence-corrected chi connectivity index (χ1v) is 9.89. The Morgan fingerprint density at radius 3 is 2.56 bits per heavy atom. The van der Waals surface area contributed by atoms with Gasteiger partial charge >= 0.3 is 12.0 Å². The standard InChI is InChI=1S/C22H21F3N2O5/c1-31-18-12-16-13(11-17(18)27-5-7-32-8-6-27)9-14(20(16)28)10-15-3-2-4-19(26-15)21(29,30)22(23,24)25/h2-4,10-12,29-30H,5-9H2,1H3/b14-10+. The number of pyridine rings is 1. The third-order valence-corrected chi connectivity index (χ3v) is 5.52. The molecular formula is C22H21F3N2O5. The van der Waals surface area contributed by atoms with Gasteiger partial charge < -0.3 is 24.6 Å². The molecule has 10 heteroatoms. The van der Waals surface area contributed by atoms with Crippen molar-refractivity contribution in [1.29, 1.82) is 0 Å². The molecule has 32 heavy (non-hydrogen) atoms. The number of alkyl halides is 3. The minimum absolute atomic E-state index is 0.00995. The molecule has 4 rings (SSSR count). The highest BCUT2D eigenvalue weighted by Gasteiger charge is 2.55. The second-order valence-corrected chi connectivity index (χ2v) is 7.57. The van der Waals surface area contributed by atoms with E-state index in [2.05, 4.69) is 9.88 Å². The number of nitrogens with zero attached hydrogens (tertiary/aromatic N) is 2. The van der Waals surface area contributed by atoms with Gasteiger partial charge in [0.2, 0.25) is 0 Å². The maximum Gasteiger partial charge on any atom is 0.449 e. The summed E-state index contributed by atoms with van der Waals surface area (Å²) in [6.45, 7) is 2.54. The Kier molecular flexibility index (Phi) is 5.70. The maximum atomic E-state index is 12.9. The first kappa shape index (κ1) is 22.3. The van der Waals surface area contributed by atoms with E-state index in [1.54, 1.807) is 6.07 Å². The second-order valence-electron chi connectivity index (χ2n) is 7.57. The lowest BCUT2D eigenvalue weighted by molar-refractivity contribution is -0.359. The number of hydrogen-bond acceptors (Lipinski definition) is 7. The largest absolute Gasteiger partial charge is 0.495 e. The summed E-state index contributed by atoms with van der Waals surface area (Å²) in [4.78, 5) is 18.7. The molecular weight excluding hydrogens is 429 g/mol. The minimum Gasteiger partial charge on any atom is -0.495 e. The van der Waals surface area contributed by atoms with Crippen LogP contribution in [0.15, 0.2) is 35.9 Å². The van der Waals surface area contributed by atoms with E-state index in [0.29, 0.717) is 43.2 Å². The van der Waals surface area contributed by atoms with Crippen molar-refractivity contribution in [3.05, 3.63) is 58.4 Å². The summed E-state index contributed by atoms with van der Waals surface area (Å²) in [6, 6.07) is 7.02. The van der Waals surface area contributed by atoms with Gasteiger partial charge in [0.1, 0.15) is 11.4 Å². The number of aliphatic hydroxyl groups is 2. The van der Waals surface area contributed by atoms with Crippen LogP contribution in [0.25, 0.3) is 6.08 Å². The van der Waals surface area contributed by atoms with Crippen LogP contribution in [0.2, 0.25) is 0 Å². The molecule has 1 aliphatic carbocycles. The fraction of sp³-hybridized carbons (Fsp3) is 0.364. The number of ketones is 1. The zero-order valence-electron chi connectivity index (χ0n) is 17.1. The van der Waals surface area contributed by atoms with Crippen molar-refractivity contribution in [2.24, 2.45) is 0 Å². The number of anilines is 1. The van der Waals surface area contributed by atoms with Crippen molar-refractivity contribution in [3.8, 4) is 5.75 Å². The predicted molar refractivity (Wildman–Crippen MR) is 108 cm³/mol. The van der Waals surface area contributed by atoms with E-state index < -0.39 is 17.7 Å². The summed E-state index contributed by atoms with van der Waals surface area (Å²) in [5, 5.41) is 18.9. The van der Waals surface area contributed by atoms with Crippen LogP contribution in [0, 0.1) is 0 Å². The van der Waals surface area contributed by atoms with Gasteiger partial charge in [-0.15, -0.1) is 0 Å². The molecule has 1 saturated heterocycles. The SMILES string of the molecule is COc1cc2c(cc1N1CCOCC1)C/C(=C\c1cccc(C(O)(O)C(F)(F)F)n1)C2=O. The van der Waals surface area contributed by atoms with Crippen molar-refractivity contribution in [2.45, 2.75) is 18.4 Å². The number of rotatable bonds is 4. The third-order valence-electron chi connectivity index (χ3n) is 5.52.